The first-order valence-corrected chi connectivity index (χ1v) is 5.59. The predicted octanol–water partition coefficient (Wildman–Crippen LogP) is 1.41. The van der Waals surface area contributed by atoms with E-state index in [9.17, 15) is 9.90 Å². The third kappa shape index (κ3) is 3.29. The highest BCUT2D eigenvalue weighted by Crippen LogP contribution is 2.20. The lowest BCUT2D eigenvalue weighted by atomic mass is 9.98. The van der Waals surface area contributed by atoms with Gasteiger partial charge in [-0.1, -0.05) is 13.3 Å². The number of β-amino-alcohol motifs (C(OH)–C–C–N with tert-alkyl or cyclic N) is 1. The summed E-state index contributed by atoms with van der Waals surface area (Å²) in [5.74, 6) is 0.903. The van der Waals surface area contributed by atoms with Crippen molar-refractivity contribution in [2.45, 2.75) is 45.6 Å². The van der Waals surface area contributed by atoms with Gasteiger partial charge < -0.3 is 10.0 Å². The molecule has 0 aromatic rings. The summed E-state index contributed by atoms with van der Waals surface area (Å²) in [7, 11) is 0. The van der Waals surface area contributed by atoms with Gasteiger partial charge in [0, 0.05) is 19.5 Å². The molecular formula is C11H21NO2. The fraction of sp³-hybridized carbons (Fsp3) is 0.909. The Kier molecular flexibility index (Phi) is 4.39. The fourth-order valence-corrected chi connectivity index (χ4v) is 2.01. The number of aliphatic hydroxyl groups is 1. The molecule has 1 saturated heterocycles. The lowest BCUT2D eigenvalue weighted by Gasteiger charge is -2.22. The Morgan fingerprint density at radius 1 is 1.57 bits per heavy atom. The second-order valence-electron chi connectivity index (χ2n) is 4.29. The molecule has 14 heavy (non-hydrogen) atoms. The first-order chi connectivity index (χ1) is 6.63. The molecular weight excluding hydrogens is 178 g/mol. The van der Waals surface area contributed by atoms with Gasteiger partial charge in [-0.2, -0.15) is 0 Å². The number of aliphatic hydroxyl groups excluding tert-OH is 1. The highest BCUT2D eigenvalue weighted by atomic mass is 16.3. The Bertz CT molecular complexity index is 192. The molecule has 0 aliphatic carbocycles. The zero-order valence-corrected chi connectivity index (χ0v) is 9.20. The van der Waals surface area contributed by atoms with E-state index in [0.717, 1.165) is 25.8 Å². The quantitative estimate of drug-likeness (QED) is 0.746. The summed E-state index contributed by atoms with van der Waals surface area (Å²) in [4.78, 5) is 13.4. The number of nitrogens with zero attached hydrogens (tertiary/aromatic N) is 1. The van der Waals surface area contributed by atoms with Crippen molar-refractivity contribution in [1.82, 2.24) is 4.90 Å². The van der Waals surface area contributed by atoms with Crippen molar-refractivity contribution < 1.29 is 9.90 Å². The van der Waals surface area contributed by atoms with Crippen molar-refractivity contribution in [1.29, 1.82) is 0 Å². The topological polar surface area (TPSA) is 40.5 Å². The number of amides is 1. The molecule has 1 N–H and O–H groups in total. The molecule has 0 aromatic carbocycles. The van der Waals surface area contributed by atoms with E-state index < -0.39 is 6.10 Å². The van der Waals surface area contributed by atoms with Gasteiger partial charge in [-0.05, 0) is 25.7 Å². The van der Waals surface area contributed by atoms with E-state index in [4.69, 9.17) is 0 Å². The Balaban J connectivity index is 2.47. The Hall–Kier alpha value is -0.570. The summed E-state index contributed by atoms with van der Waals surface area (Å²) in [6.45, 7) is 5.23. The number of hydrogen-bond acceptors (Lipinski definition) is 2. The van der Waals surface area contributed by atoms with Crippen molar-refractivity contribution in [3.05, 3.63) is 0 Å². The molecule has 1 amide bonds. The molecule has 1 aliphatic rings. The molecule has 0 radical (unpaired) electrons. The van der Waals surface area contributed by atoms with E-state index >= 15 is 0 Å². The summed E-state index contributed by atoms with van der Waals surface area (Å²) in [5.41, 5.74) is 0. The van der Waals surface area contributed by atoms with Crippen LogP contribution in [0.3, 0.4) is 0 Å². The van der Waals surface area contributed by atoms with Gasteiger partial charge in [0.05, 0.1) is 6.10 Å². The van der Waals surface area contributed by atoms with Crippen molar-refractivity contribution >= 4 is 5.91 Å². The molecule has 0 spiro atoms. The number of likely N-dealkylation sites (tertiary alicyclic amines) is 1. The summed E-state index contributed by atoms with van der Waals surface area (Å²) < 4.78 is 0. The standard InChI is InChI=1S/C11H21NO2/c1-3-10-4-5-11(14)12(7-6-10)8-9(2)13/h9-10,13H,3-8H2,1-2H3/t9-,10?/m1/s1. The van der Waals surface area contributed by atoms with Crippen LogP contribution in [0, 0.1) is 5.92 Å². The van der Waals surface area contributed by atoms with E-state index in [0.29, 0.717) is 18.9 Å². The molecule has 0 aromatic heterocycles. The second kappa shape index (κ2) is 5.35. The normalized spacial score (nSPS) is 26.1. The predicted molar refractivity (Wildman–Crippen MR) is 55.9 cm³/mol. The van der Waals surface area contributed by atoms with E-state index in [1.165, 1.54) is 0 Å². The van der Waals surface area contributed by atoms with Crippen LogP contribution in [0.4, 0.5) is 0 Å². The smallest absolute Gasteiger partial charge is 0.222 e. The molecule has 0 bridgehead atoms. The van der Waals surface area contributed by atoms with Crippen LogP contribution in [0.5, 0.6) is 0 Å². The van der Waals surface area contributed by atoms with Crippen molar-refractivity contribution in [2.75, 3.05) is 13.1 Å². The lowest BCUT2D eigenvalue weighted by Crippen LogP contribution is -2.36. The summed E-state index contributed by atoms with van der Waals surface area (Å²) in [6, 6.07) is 0. The highest BCUT2D eigenvalue weighted by Gasteiger charge is 2.21. The van der Waals surface area contributed by atoms with Gasteiger partial charge in [0.1, 0.15) is 0 Å². The number of rotatable bonds is 3. The van der Waals surface area contributed by atoms with Crippen LogP contribution in [-0.4, -0.2) is 35.1 Å². The van der Waals surface area contributed by atoms with Gasteiger partial charge in [-0.3, -0.25) is 4.79 Å². The SMILES string of the molecule is CCC1CCC(=O)N(C[C@@H](C)O)CC1. The molecule has 82 valence electrons. The van der Waals surface area contributed by atoms with Crippen LogP contribution in [0.2, 0.25) is 0 Å². The van der Waals surface area contributed by atoms with E-state index in [-0.39, 0.29) is 5.91 Å². The van der Waals surface area contributed by atoms with Crippen molar-refractivity contribution in [3.63, 3.8) is 0 Å². The zero-order valence-electron chi connectivity index (χ0n) is 9.20. The molecule has 1 rings (SSSR count). The van der Waals surface area contributed by atoms with Gasteiger partial charge in [0.25, 0.3) is 0 Å². The molecule has 1 aliphatic heterocycles. The second-order valence-corrected chi connectivity index (χ2v) is 4.29. The third-order valence-electron chi connectivity index (χ3n) is 2.99. The summed E-state index contributed by atoms with van der Waals surface area (Å²) >= 11 is 0. The van der Waals surface area contributed by atoms with Gasteiger partial charge in [0.2, 0.25) is 5.91 Å². The fourth-order valence-electron chi connectivity index (χ4n) is 2.01. The molecule has 3 heteroatoms. The van der Waals surface area contributed by atoms with Gasteiger partial charge >= 0.3 is 0 Å². The van der Waals surface area contributed by atoms with Crippen LogP contribution in [0.25, 0.3) is 0 Å². The van der Waals surface area contributed by atoms with Crippen molar-refractivity contribution in [3.8, 4) is 0 Å². The molecule has 1 fully saturated rings. The molecule has 1 heterocycles. The Morgan fingerprint density at radius 3 is 2.86 bits per heavy atom. The van der Waals surface area contributed by atoms with E-state index in [1.54, 1.807) is 11.8 Å². The van der Waals surface area contributed by atoms with Gasteiger partial charge in [-0.15, -0.1) is 0 Å². The zero-order chi connectivity index (χ0) is 10.6. The minimum Gasteiger partial charge on any atom is -0.392 e. The van der Waals surface area contributed by atoms with Gasteiger partial charge in [0.15, 0.2) is 0 Å². The number of carbonyl (C=O) groups excluding carboxylic acids is 1. The minimum atomic E-state index is -0.405. The Morgan fingerprint density at radius 2 is 2.29 bits per heavy atom. The van der Waals surface area contributed by atoms with E-state index in [1.807, 2.05) is 0 Å². The lowest BCUT2D eigenvalue weighted by molar-refractivity contribution is -0.131. The van der Waals surface area contributed by atoms with Crippen LogP contribution < -0.4 is 0 Å². The monoisotopic (exact) mass is 199 g/mol. The highest BCUT2D eigenvalue weighted by molar-refractivity contribution is 5.76. The van der Waals surface area contributed by atoms with Crippen LogP contribution in [-0.2, 0) is 4.79 Å². The molecule has 0 saturated carbocycles. The molecule has 3 nitrogen and oxygen atoms in total. The largest absolute Gasteiger partial charge is 0.392 e. The number of carbonyl (C=O) groups is 1. The Labute approximate surface area is 86.1 Å². The molecule has 1 unspecified atom stereocenters. The third-order valence-corrected chi connectivity index (χ3v) is 2.99. The van der Waals surface area contributed by atoms with Crippen LogP contribution >= 0.6 is 0 Å². The minimum absolute atomic E-state index is 0.210. The maximum Gasteiger partial charge on any atom is 0.222 e. The average molecular weight is 199 g/mol. The average Bonchev–Trinajstić information content (AvgIpc) is 2.30. The molecule has 2 atom stereocenters. The van der Waals surface area contributed by atoms with Crippen LogP contribution in [0.15, 0.2) is 0 Å². The van der Waals surface area contributed by atoms with Crippen molar-refractivity contribution in [2.24, 2.45) is 5.92 Å². The number of hydrogen-bond donors (Lipinski definition) is 1. The maximum absolute atomic E-state index is 11.6. The van der Waals surface area contributed by atoms with Crippen LogP contribution in [0.1, 0.15) is 39.5 Å². The van der Waals surface area contributed by atoms with E-state index in [2.05, 4.69) is 6.92 Å². The first-order valence-electron chi connectivity index (χ1n) is 5.59. The summed E-state index contributed by atoms with van der Waals surface area (Å²) in [5, 5.41) is 9.24. The van der Waals surface area contributed by atoms with Gasteiger partial charge in [-0.25, -0.2) is 0 Å². The first kappa shape index (κ1) is 11.5. The maximum atomic E-state index is 11.6. The summed E-state index contributed by atoms with van der Waals surface area (Å²) in [6.07, 6.45) is 3.53.